The summed E-state index contributed by atoms with van der Waals surface area (Å²) in [6.07, 6.45) is -1.27. The van der Waals surface area contributed by atoms with Crippen molar-refractivity contribution in [1.82, 2.24) is 0 Å². The van der Waals surface area contributed by atoms with Crippen LogP contribution in [0.3, 0.4) is 0 Å². The molecule has 2 rings (SSSR count). The van der Waals surface area contributed by atoms with Crippen LogP contribution in [0.5, 0.6) is 0 Å². The summed E-state index contributed by atoms with van der Waals surface area (Å²) in [4.78, 5) is 11.2. The first kappa shape index (κ1) is 22.4. The van der Waals surface area contributed by atoms with Gasteiger partial charge in [0.1, 0.15) is 11.5 Å². The number of anilines is 2. The Morgan fingerprint density at radius 2 is 1.78 bits per heavy atom. The molecule has 5 nitrogen and oxygen atoms in total. The van der Waals surface area contributed by atoms with Gasteiger partial charge in [-0.15, -0.1) is 0 Å². The zero-order chi connectivity index (χ0) is 20.6. The molecule has 0 bridgehead atoms. The number of carbonyl (C=O) groups excluding carboxylic acids is 1. The fourth-order valence-corrected chi connectivity index (χ4v) is 3.06. The third-order valence-corrected chi connectivity index (χ3v) is 4.84. The number of morpholine rings is 1. The topological polar surface area (TPSA) is 50.8 Å². The Balaban J connectivity index is 2.36. The molecular weight excluding hydrogens is 466 g/mol. The molecule has 1 aromatic rings. The lowest BCUT2D eigenvalue weighted by Crippen LogP contribution is -2.37. The largest absolute Gasteiger partial charge is 0.445 e. The van der Waals surface area contributed by atoms with Gasteiger partial charge in [-0.3, -0.25) is 5.32 Å². The van der Waals surface area contributed by atoms with Crippen LogP contribution in [0.15, 0.2) is 23.1 Å². The third kappa shape index (κ3) is 6.90. The van der Waals surface area contributed by atoms with E-state index in [1.807, 2.05) is 5.32 Å². The maximum Gasteiger partial charge on any atom is 0.411 e. The predicted octanol–water partition coefficient (Wildman–Crippen LogP) is 6.10. The van der Waals surface area contributed by atoms with Gasteiger partial charge in [0.25, 0.3) is 0 Å². The average Bonchev–Trinajstić information content (AvgIpc) is 2.51. The number of alkyl halides is 3. The standard InChI is InChI=1S/C13H14Cl3F5N2O3S/c14-13(15,16)8-26-12(24)22-10-7-9(27(17,18,19,20)21)1-2-11(10)23-3-5-25-6-4-23/h1-2,7H,3-6,8H2,(H,22,24). The van der Waals surface area contributed by atoms with Gasteiger partial charge in [-0.1, -0.05) is 54.2 Å². The lowest BCUT2D eigenvalue weighted by atomic mass is 10.2. The number of halogens is 8. The van der Waals surface area contributed by atoms with Gasteiger partial charge < -0.3 is 14.4 Å². The lowest BCUT2D eigenvalue weighted by Gasteiger charge is -2.41. The number of benzene rings is 1. The molecule has 0 spiro atoms. The van der Waals surface area contributed by atoms with Crippen LogP contribution in [0.25, 0.3) is 0 Å². The Bertz CT molecular complexity index is 724. The molecule has 0 atom stereocenters. The van der Waals surface area contributed by atoms with Crippen LogP contribution in [0, 0.1) is 0 Å². The van der Waals surface area contributed by atoms with Crippen LogP contribution in [-0.2, 0) is 9.47 Å². The van der Waals surface area contributed by atoms with E-state index in [0.717, 1.165) is 6.07 Å². The minimum absolute atomic E-state index is 0.0923. The van der Waals surface area contributed by atoms with E-state index in [9.17, 15) is 24.2 Å². The maximum absolute atomic E-state index is 13.1. The molecule has 1 heterocycles. The van der Waals surface area contributed by atoms with Gasteiger partial charge >= 0.3 is 16.3 Å². The van der Waals surface area contributed by atoms with E-state index in [2.05, 4.69) is 4.74 Å². The molecular formula is C13H14Cl3F5N2O3S. The van der Waals surface area contributed by atoms with Gasteiger partial charge in [-0.25, -0.2) is 4.79 Å². The summed E-state index contributed by atoms with van der Waals surface area (Å²) in [5, 5.41) is 1.99. The molecule has 0 unspecified atom stereocenters. The van der Waals surface area contributed by atoms with Gasteiger partial charge in [0.05, 0.1) is 24.6 Å². The molecule has 1 aliphatic rings. The van der Waals surface area contributed by atoms with Gasteiger partial charge in [0.2, 0.25) is 3.79 Å². The highest BCUT2D eigenvalue weighted by molar-refractivity contribution is 8.45. The molecule has 0 saturated carbocycles. The first-order valence-corrected chi connectivity index (χ1v) is 10.3. The molecule has 0 radical (unpaired) electrons. The number of carbonyl (C=O) groups is 1. The van der Waals surface area contributed by atoms with Crippen LogP contribution < -0.4 is 10.2 Å². The minimum Gasteiger partial charge on any atom is -0.445 e. The van der Waals surface area contributed by atoms with Gasteiger partial charge in [-0.05, 0) is 18.2 Å². The number of nitrogens with zero attached hydrogens (tertiary/aromatic N) is 1. The highest BCUT2D eigenvalue weighted by Crippen LogP contribution is 3.02. The molecule has 1 amide bonds. The van der Waals surface area contributed by atoms with Crippen LogP contribution in [0.1, 0.15) is 0 Å². The van der Waals surface area contributed by atoms with Crippen molar-refractivity contribution in [2.45, 2.75) is 8.69 Å². The van der Waals surface area contributed by atoms with Gasteiger partial charge in [0.15, 0.2) is 0 Å². The zero-order valence-electron chi connectivity index (χ0n) is 13.4. The number of ether oxygens (including phenoxy) is 2. The molecule has 1 aliphatic heterocycles. The molecule has 1 aromatic carbocycles. The summed E-state index contributed by atoms with van der Waals surface area (Å²) >= 11 is 16.2. The highest BCUT2D eigenvalue weighted by atomic mass is 35.6. The number of amides is 1. The van der Waals surface area contributed by atoms with E-state index in [-0.39, 0.29) is 44.1 Å². The fourth-order valence-electron chi connectivity index (χ4n) is 2.23. The van der Waals surface area contributed by atoms with Gasteiger partial charge in [-0.2, -0.15) is 0 Å². The van der Waals surface area contributed by atoms with E-state index in [1.54, 1.807) is 4.90 Å². The normalized spacial score (nSPS) is 18.4. The van der Waals surface area contributed by atoms with E-state index >= 15 is 0 Å². The van der Waals surface area contributed by atoms with Crippen molar-refractivity contribution in [3.8, 4) is 0 Å². The first-order valence-electron chi connectivity index (χ1n) is 7.26. The summed E-state index contributed by atoms with van der Waals surface area (Å²) in [5.41, 5.74) is -0.424. The predicted molar refractivity (Wildman–Crippen MR) is 96.1 cm³/mol. The van der Waals surface area contributed by atoms with E-state index in [0.29, 0.717) is 0 Å². The van der Waals surface area contributed by atoms with E-state index in [1.165, 1.54) is 0 Å². The zero-order valence-corrected chi connectivity index (χ0v) is 16.5. The summed E-state index contributed by atoms with van der Waals surface area (Å²) in [6.45, 7) is 0.430. The third-order valence-electron chi connectivity index (χ3n) is 3.37. The summed E-state index contributed by atoms with van der Waals surface area (Å²) in [7, 11) is -9.95. The molecule has 27 heavy (non-hydrogen) atoms. The molecule has 156 valence electrons. The molecule has 1 N–H and O–H groups in total. The number of nitrogens with one attached hydrogen (secondary N) is 1. The molecule has 14 heteroatoms. The quantitative estimate of drug-likeness (QED) is 0.419. The maximum atomic E-state index is 13.1. The Labute approximate surface area is 166 Å². The van der Waals surface area contributed by atoms with Crippen molar-refractivity contribution in [3.05, 3.63) is 18.2 Å². The number of hydrogen-bond donors (Lipinski definition) is 1. The van der Waals surface area contributed by atoms with E-state index in [4.69, 9.17) is 39.5 Å². The Morgan fingerprint density at radius 1 is 1.19 bits per heavy atom. The van der Waals surface area contributed by atoms with Crippen LogP contribution in [0.2, 0.25) is 0 Å². The summed E-state index contributed by atoms with van der Waals surface area (Å²) in [6, 6.07) is 1.27. The Kier molecular flexibility index (Phi) is 5.70. The van der Waals surface area contributed by atoms with Crippen molar-refractivity contribution in [2.75, 3.05) is 43.1 Å². The van der Waals surface area contributed by atoms with Gasteiger partial charge in [0, 0.05) is 13.1 Å². The smallest absolute Gasteiger partial charge is 0.411 e. The summed E-state index contributed by atoms with van der Waals surface area (Å²) in [5.74, 6) is 0. The average molecular weight is 480 g/mol. The second-order valence-corrected chi connectivity index (χ2v) is 10.5. The van der Waals surface area contributed by atoms with Crippen LogP contribution >= 0.6 is 45.0 Å². The SMILES string of the molecule is O=C(Nc1cc(S(F)(F)(F)(F)F)ccc1N1CCOCC1)OCC(Cl)(Cl)Cl. The number of rotatable bonds is 4. The fraction of sp³-hybridized carbons (Fsp3) is 0.462. The first-order chi connectivity index (χ1) is 12.0. The molecule has 0 aliphatic carbocycles. The van der Waals surface area contributed by atoms with Crippen LogP contribution in [-0.4, -0.2) is 42.8 Å². The second kappa shape index (κ2) is 6.87. The van der Waals surface area contributed by atoms with Crippen LogP contribution in [0.4, 0.5) is 35.6 Å². The summed E-state index contributed by atoms with van der Waals surface area (Å²) < 4.78 is 73.3. The van der Waals surface area contributed by atoms with Crippen molar-refractivity contribution in [3.63, 3.8) is 0 Å². The van der Waals surface area contributed by atoms with E-state index < -0.39 is 37.3 Å². The Hall–Kier alpha value is -0.880. The highest BCUT2D eigenvalue weighted by Gasteiger charge is 2.65. The lowest BCUT2D eigenvalue weighted by molar-refractivity contribution is 0.122. The molecule has 1 saturated heterocycles. The van der Waals surface area contributed by atoms with Crippen molar-refractivity contribution in [1.29, 1.82) is 0 Å². The van der Waals surface area contributed by atoms with Crippen molar-refractivity contribution < 1.29 is 33.7 Å². The monoisotopic (exact) mass is 478 g/mol. The molecule has 0 aromatic heterocycles. The molecule has 1 fully saturated rings. The Morgan fingerprint density at radius 3 is 2.30 bits per heavy atom. The van der Waals surface area contributed by atoms with Crippen molar-refractivity contribution in [2.24, 2.45) is 0 Å². The second-order valence-electron chi connectivity index (χ2n) is 5.56. The minimum atomic E-state index is -9.95. The number of hydrogen-bond acceptors (Lipinski definition) is 4. The van der Waals surface area contributed by atoms with Crippen molar-refractivity contribution >= 4 is 62.5 Å².